The molecule has 0 bridgehead atoms. The molecule has 0 saturated heterocycles. The predicted octanol–water partition coefficient (Wildman–Crippen LogP) is 2.65. The Bertz CT molecular complexity index is 198. The molecule has 0 radical (unpaired) electrons. The number of Topliss-reactive ketones (excluding diaryl/α,β-unsaturated/α-hetero) is 1. The van der Waals surface area contributed by atoms with Crippen molar-refractivity contribution in [3.8, 4) is 0 Å². The molecule has 0 aromatic heterocycles. The first kappa shape index (κ1) is 10.5. The van der Waals surface area contributed by atoms with Crippen LogP contribution in [0.3, 0.4) is 0 Å². The first-order valence-corrected chi connectivity index (χ1v) is 4.14. The molecule has 0 atom stereocenters. The van der Waals surface area contributed by atoms with E-state index >= 15 is 0 Å². The molecule has 0 N–H and O–H groups in total. The molecule has 0 amide bonds. The third-order valence-electron chi connectivity index (χ3n) is 2.34. The van der Waals surface area contributed by atoms with Crippen molar-refractivity contribution in [2.24, 2.45) is 5.92 Å². The van der Waals surface area contributed by atoms with Gasteiger partial charge in [-0.15, -0.1) is 0 Å². The molecule has 0 unspecified atom stereocenters. The topological polar surface area (TPSA) is 17.1 Å². The first-order chi connectivity index (χ1) is 5.94. The van der Waals surface area contributed by atoms with E-state index in [1.165, 1.54) is 0 Å². The molecule has 1 fully saturated rings. The lowest BCUT2D eigenvalue weighted by Gasteiger charge is -2.26. The van der Waals surface area contributed by atoms with Gasteiger partial charge in [-0.25, -0.2) is 8.78 Å². The van der Waals surface area contributed by atoms with E-state index in [-0.39, 0.29) is 5.92 Å². The lowest BCUT2D eigenvalue weighted by molar-refractivity contribution is -0.168. The standard InChI is InChI=1S/C8H10F4O/c9-7(10)8(11,12)6(13)4-5-2-1-3-5/h5,7H,1-4H2. The van der Waals surface area contributed by atoms with E-state index in [0.29, 0.717) is 12.8 Å². The normalized spacial score (nSPS) is 18.8. The summed E-state index contributed by atoms with van der Waals surface area (Å²) in [4.78, 5) is 10.7. The Kier molecular flexibility index (Phi) is 2.93. The van der Waals surface area contributed by atoms with Gasteiger partial charge in [-0.3, -0.25) is 4.79 Å². The second-order valence-corrected chi connectivity index (χ2v) is 3.35. The van der Waals surface area contributed by atoms with Crippen LogP contribution in [0.25, 0.3) is 0 Å². The Morgan fingerprint density at radius 1 is 1.38 bits per heavy atom. The van der Waals surface area contributed by atoms with Gasteiger partial charge in [-0.1, -0.05) is 19.3 Å². The van der Waals surface area contributed by atoms with Crippen LogP contribution in [0.15, 0.2) is 0 Å². The summed E-state index contributed by atoms with van der Waals surface area (Å²) < 4.78 is 48.1. The van der Waals surface area contributed by atoms with Gasteiger partial charge < -0.3 is 0 Å². The van der Waals surface area contributed by atoms with Crippen LogP contribution < -0.4 is 0 Å². The molecule has 1 rings (SSSR count). The van der Waals surface area contributed by atoms with Crippen molar-refractivity contribution in [1.29, 1.82) is 0 Å². The van der Waals surface area contributed by atoms with Crippen molar-refractivity contribution in [2.45, 2.75) is 38.0 Å². The summed E-state index contributed by atoms with van der Waals surface area (Å²) in [6.07, 6.45) is -1.98. The van der Waals surface area contributed by atoms with Gasteiger partial charge in [-0.05, 0) is 5.92 Å². The highest BCUT2D eigenvalue weighted by atomic mass is 19.3. The summed E-state index contributed by atoms with van der Waals surface area (Å²) in [5, 5.41) is 0. The van der Waals surface area contributed by atoms with Crippen LogP contribution >= 0.6 is 0 Å². The van der Waals surface area contributed by atoms with Crippen LogP contribution in [0, 0.1) is 5.92 Å². The van der Waals surface area contributed by atoms with Crippen molar-refractivity contribution in [2.75, 3.05) is 0 Å². The Labute approximate surface area is 73.1 Å². The number of halogens is 4. The highest BCUT2D eigenvalue weighted by molar-refractivity contribution is 5.86. The van der Waals surface area contributed by atoms with Crippen LogP contribution in [0.2, 0.25) is 0 Å². The molecule has 0 spiro atoms. The fourth-order valence-electron chi connectivity index (χ4n) is 1.22. The number of ketones is 1. The molecule has 0 aliphatic heterocycles. The second-order valence-electron chi connectivity index (χ2n) is 3.35. The van der Waals surface area contributed by atoms with Crippen molar-refractivity contribution in [1.82, 2.24) is 0 Å². The molecule has 1 aliphatic carbocycles. The summed E-state index contributed by atoms with van der Waals surface area (Å²) in [7, 11) is 0. The Morgan fingerprint density at radius 2 is 1.92 bits per heavy atom. The van der Waals surface area contributed by atoms with Crippen molar-refractivity contribution < 1.29 is 22.4 Å². The van der Waals surface area contributed by atoms with Gasteiger partial charge in [0.05, 0.1) is 0 Å². The van der Waals surface area contributed by atoms with Gasteiger partial charge in [0.15, 0.2) is 0 Å². The number of hydrogen-bond donors (Lipinski definition) is 0. The second kappa shape index (κ2) is 3.64. The van der Waals surface area contributed by atoms with E-state index in [2.05, 4.69) is 0 Å². The molecule has 1 aliphatic rings. The maximum atomic E-state index is 12.4. The van der Waals surface area contributed by atoms with E-state index in [0.717, 1.165) is 6.42 Å². The highest BCUT2D eigenvalue weighted by Crippen LogP contribution is 2.34. The van der Waals surface area contributed by atoms with Gasteiger partial charge in [-0.2, -0.15) is 8.78 Å². The van der Waals surface area contributed by atoms with Crippen LogP contribution in [0.1, 0.15) is 25.7 Å². The zero-order valence-corrected chi connectivity index (χ0v) is 6.90. The minimum absolute atomic E-state index is 0.0999. The predicted molar refractivity (Wildman–Crippen MR) is 37.9 cm³/mol. The van der Waals surface area contributed by atoms with Gasteiger partial charge in [0.25, 0.3) is 0 Å². The van der Waals surface area contributed by atoms with Crippen LogP contribution in [-0.2, 0) is 4.79 Å². The van der Waals surface area contributed by atoms with Gasteiger partial charge in [0.1, 0.15) is 0 Å². The molecule has 5 heteroatoms. The maximum absolute atomic E-state index is 12.4. The minimum atomic E-state index is -4.45. The Hall–Kier alpha value is -0.610. The molecule has 0 aromatic carbocycles. The number of carbonyl (C=O) groups is 1. The largest absolute Gasteiger partial charge is 0.364 e. The molecular weight excluding hydrogens is 188 g/mol. The van der Waals surface area contributed by atoms with Gasteiger partial charge >= 0.3 is 12.3 Å². The van der Waals surface area contributed by atoms with Gasteiger partial charge in [0, 0.05) is 6.42 Å². The first-order valence-electron chi connectivity index (χ1n) is 4.14. The number of carbonyl (C=O) groups excluding carboxylic acids is 1. The Morgan fingerprint density at radius 3 is 2.23 bits per heavy atom. The maximum Gasteiger partial charge on any atom is 0.364 e. The molecule has 1 nitrogen and oxygen atoms in total. The average Bonchev–Trinajstić information content (AvgIpc) is 1.95. The Balaban J connectivity index is 2.45. The summed E-state index contributed by atoms with van der Waals surface area (Å²) in [5.41, 5.74) is 0. The fourth-order valence-corrected chi connectivity index (χ4v) is 1.22. The summed E-state index contributed by atoms with van der Waals surface area (Å²) in [6.45, 7) is 0. The molecule has 0 aromatic rings. The quantitative estimate of drug-likeness (QED) is 0.634. The number of rotatable bonds is 4. The van der Waals surface area contributed by atoms with E-state index in [1.807, 2.05) is 0 Å². The minimum Gasteiger partial charge on any atom is -0.293 e. The van der Waals surface area contributed by atoms with Crippen molar-refractivity contribution in [3.63, 3.8) is 0 Å². The average molecular weight is 198 g/mol. The van der Waals surface area contributed by atoms with Crippen LogP contribution in [-0.4, -0.2) is 18.1 Å². The van der Waals surface area contributed by atoms with Crippen molar-refractivity contribution in [3.05, 3.63) is 0 Å². The molecule has 76 valence electrons. The highest BCUT2D eigenvalue weighted by Gasteiger charge is 2.48. The zero-order valence-electron chi connectivity index (χ0n) is 6.90. The molecular formula is C8H10F4O. The third kappa shape index (κ3) is 2.19. The van der Waals surface area contributed by atoms with E-state index in [1.54, 1.807) is 0 Å². The van der Waals surface area contributed by atoms with E-state index < -0.39 is 24.6 Å². The molecule has 1 saturated carbocycles. The SMILES string of the molecule is O=C(CC1CCC1)C(F)(F)C(F)F. The van der Waals surface area contributed by atoms with Gasteiger partial charge in [0.2, 0.25) is 5.78 Å². The number of alkyl halides is 4. The zero-order chi connectivity index (χ0) is 10.1. The van der Waals surface area contributed by atoms with E-state index in [4.69, 9.17) is 0 Å². The summed E-state index contributed by atoms with van der Waals surface area (Å²) in [6, 6.07) is 0. The third-order valence-corrected chi connectivity index (χ3v) is 2.34. The lowest BCUT2D eigenvalue weighted by Crippen LogP contribution is -2.38. The fraction of sp³-hybridized carbons (Fsp3) is 0.875. The smallest absolute Gasteiger partial charge is 0.293 e. The van der Waals surface area contributed by atoms with Crippen molar-refractivity contribution >= 4 is 5.78 Å². The van der Waals surface area contributed by atoms with E-state index in [9.17, 15) is 22.4 Å². The lowest BCUT2D eigenvalue weighted by atomic mass is 9.81. The van der Waals surface area contributed by atoms with Crippen LogP contribution in [0.4, 0.5) is 17.6 Å². The summed E-state index contributed by atoms with van der Waals surface area (Å²) in [5.74, 6) is -6.17. The monoisotopic (exact) mass is 198 g/mol. The number of hydrogen-bond acceptors (Lipinski definition) is 1. The molecule has 13 heavy (non-hydrogen) atoms. The summed E-state index contributed by atoms with van der Waals surface area (Å²) >= 11 is 0. The molecule has 0 heterocycles. The van der Waals surface area contributed by atoms with Crippen LogP contribution in [0.5, 0.6) is 0 Å².